The Kier molecular flexibility index (Phi) is 4.13. The molecule has 1 amide bonds. The van der Waals surface area contributed by atoms with E-state index in [-0.39, 0.29) is 5.91 Å². The van der Waals surface area contributed by atoms with Crippen LogP contribution in [0.1, 0.15) is 15.9 Å². The van der Waals surface area contributed by atoms with E-state index >= 15 is 0 Å². The summed E-state index contributed by atoms with van der Waals surface area (Å²) in [6.07, 6.45) is 0. The molecule has 0 aliphatic rings. The fraction of sp³-hybridized carbons (Fsp3) is 0.364. The average molecular weight is 225 g/mol. The largest absolute Gasteiger partial charge is 0.497 e. The molecular formula is C11H15NO4. The topological polar surface area (TPSA) is 56.8 Å². The van der Waals surface area contributed by atoms with Crippen LogP contribution in [0.3, 0.4) is 0 Å². The fourth-order valence-corrected chi connectivity index (χ4v) is 1.38. The Balaban J connectivity index is 3.20. The number of carbonyl (C=O) groups is 1. The van der Waals surface area contributed by atoms with Crippen molar-refractivity contribution in [3.63, 3.8) is 0 Å². The normalized spacial score (nSPS) is 9.75. The summed E-state index contributed by atoms with van der Waals surface area (Å²) in [4.78, 5) is 16.2. The summed E-state index contributed by atoms with van der Waals surface area (Å²) in [5, 5.41) is 0. The van der Waals surface area contributed by atoms with Gasteiger partial charge in [-0.25, -0.2) is 5.48 Å². The second kappa shape index (κ2) is 5.37. The van der Waals surface area contributed by atoms with Crippen molar-refractivity contribution in [3.05, 3.63) is 23.3 Å². The molecule has 0 unspecified atom stereocenters. The lowest BCUT2D eigenvalue weighted by Crippen LogP contribution is -2.22. The molecule has 0 radical (unpaired) electrons. The highest BCUT2D eigenvalue weighted by Gasteiger charge is 2.14. The molecule has 0 aliphatic carbocycles. The minimum absolute atomic E-state index is 0.336. The number of benzene rings is 1. The maximum absolute atomic E-state index is 11.7. The van der Waals surface area contributed by atoms with E-state index in [1.807, 2.05) is 0 Å². The van der Waals surface area contributed by atoms with Crippen molar-refractivity contribution in [2.24, 2.45) is 0 Å². The molecule has 1 rings (SSSR count). The third-order valence-corrected chi connectivity index (χ3v) is 2.23. The van der Waals surface area contributed by atoms with Crippen molar-refractivity contribution in [2.45, 2.75) is 6.92 Å². The molecule has 0 aliphatic heterocycles. The van der Waals surface area contributed by atoms with E-state index in [9.17, 15) is 4.79 Å². The Morgan fingerprint density at radius 2 is 1.88 bits per heavy atom. The second-order valence-electron chi connectivity index (χ2n) is 3.14. The van der Waals surface area contributed by atoms with Crippen LogP contribution in [0.2, 0.25) is 0 Å². The van der Waals surface area contributed by atoms with Crippen LogP contribution in [0.4, 0.5) is 0 Å². The molecule has 0 atom stereocenters. The van der Waals surface area contributed by atoms with Crippen LogP contribution in [-0.2, 0) is 4.84 Å². The summed E-state index contributed by atoms with van der Waals surface area (Å²) in [5.41, 5.74) is 3.45. The minimum Gasteiger partial charge on any atom is -0.497 e. The van der Waals surface area contributed by atoms with Crippen LogP contribution >= 0.6 is 0 Å². The highest BCUT2D eigenvalue weighted by molar-refractivity contribution is 5.96. The first-order valence-corrected chi connectivity index (χ1v) is 4.70. The SMILES string of the molecule is CONC(=O)c1cc(OC)cc(OC)c1C. The maximum atomic E-state index is 11.7. The molecule has 88 valence electrons. The number of nitrogens with one attached hydrogen (secondary N) is 1. The van der Waals surface area contributed by atoms with Gasteiger partial charge < -0.3 is 9.47 Å². The van der Waals surface area contributed by atoms with Crippen molar-refractivity contribution in [2.75, 3.05) is 21.3 Å². The summed E-state index contributed by atoms with van der Waals surface area (Å²) in [7, 11) is 4.45. The van der Waals surface area contributed by atoms with Crippen LogP contribution < -0.4 is 15.0 Å². The lowest BCUT2D eigenvalue weighted by molar-refractivity contribution is 0.0536. The van der Waals surface area contributed by atoms with E-state index in [0.29, 0.717) is 17.1 Å². The van der Waals surface area contributed by atoms with Gasteiger partial charge in [-0.05, 0) is 13.0 Å². The predicted octanol–water partition coefficient (Wildman–Crippen LogP) is 1.30. The fourth-order valence-electron chi connectivity index (χ4n) is 1.38. The van der Waals surface area contributed by atoms with Gasteiger partial charge in [0.1, 0.15) is 11.5 Å². The zero-order valence-corrected chi connectivity index (χ0v) is 9.79. The van der Waals surface area contributed by atoms with Crippen molar-refractivity contribution < 1.29 is 19.1 Å². The highest BCUT2D eigenvalue weighted by Crippen LogP contribution is 2.27. The number of carbonyl (C=O) groups excluding carboxylic acids is 1. The molecule has 5 heteroatoms. The van der Waals surface area contributed by atoms with Gasteiger partial charge in [0.2, 0.25) is 0 Å². The molecule has 1 N–H and O–H groups in total. The van der Waals surface area contributed by atoms with Gasteiger partial charge in [0, 0.05) is 11.6 Å². The maximum Gasteiger partial charge on any atom is 0.275 e. The average Bonchev–Trinajstić information content (AvgIpc) is 2.29. The number of hydroxylamine groups is 1. The minimum atomic E-state index is -0.336. The van der Waals surface area contributed by atoms with Gasteiger partial charge in [-0.1, -0.05) is 0 Å². The smallest absolute Gasteiger partial charge is 0.275 e. The Hall–Kier alpha value is -1.75. The first-order chi connectivity index (χ1) is 7.63. The van der Waals surface area contributed by atoms with Crippen molar-refractivity contribution in [3.8, 4) is 11.5 Å². The number of amides is 1. The quantitative estimate of drug-likeness (QED) is 0.785. The number of methoxy groups -OCH3 is 2. The molecule has 1 aromatic carbocycles. The number of rotatable bonds is 4. The Labute approximate surface area is 94.3 Å². The van der Waals surface area contributed by atoms with Gasteiger partial charge in [0.25, 0.3) is 5.91 Å². The van der Waals surface area contributed by atoms with Crippen molar-refractivity contribution in [1.82, 2.24) is 5.48 Å². The molecule has 0 bridgehead atoms. The first-order valence-electron chi connectivity index (χ1n) is 4.70. The van der Waals surface area contributed by atoms with Crippen LogP contribution in [0.15, 0.2) is 12.1 Å². The third-order valence-electron chi connectivity index (χ3n) is 2.23. The lowest BCUT2D eigenvalue weighted by atomic mass is 10.1. The molecule has 0 fully saturated rings. The van der Waals surface area contributed by atoms with Crippen molar-refractivity contribution in [1.29, 1.82) is 0 Å². The van der Waals surface area contributed by atoms with Gasteiger partial charge in [-0.3, -0.25) is 9.63 Å². The zero-order chi connectivity index (χ0) is 12.1. The molecule has 0 saturated carbocycles. The van der Waals surface area contributed by atoms with Gasteiger partial charge in [-0.2, -0.15) is 0 Å². The highest BCUT2D eigenvalue weighted by atomic mass is 16.6. The molecule has 16 heavy (non-hydrogen) atoms. The van der Waals surface area contributed by atoms with Gasteiger partial charge in [0.05, 0.1) is 26.9 Å². The standard InChI is InChI=1S/C11H15NO4/c1-7-9(11(13)12-16-4)5-8(14-2)6-10(7)15-3/h5-6H,1-4H3,(H,12,13). The van der Waals surface area contributed by atoms with Gasteiger partial charge in [-0.15, -0.1) is 0 Å². The summed E-state index contributed by atoms with van der Waals surface area (Å²) in [5.74, 6) is 0.821. The van der Waals surface area contributed by atoms with Crippen LogP contribution in [-0.4, -0.2) is 27.2 Å². The summed E-state index contributed by atoms with van der Waals surface area (Å²) >= 11 is 0. The van der Waals surface area contributed by atoms with E-state index < -0.39 is 0 Å². The number of ether oxygens (including phenoxy) is 2. The molecular weight excluding hydrogens is 210 g/mol. The second-order valence-corrected chi connectivity index (χ2v) is 3.14. The molecule has 1 aromatic rings. The molecule has 0 heterocycles. The van der Waals surface area contributed by atoms with Crippen LogP contribution in [0, 0.1) is 6.92 Å². The van der Waals surface area contributed by atoms with Crippen LogP contribution in [0.25, 0.3) is 0 Å². The first kappa shape index (κ1) is 12.3. The van der Waals surface area contributed by atoms with E-state index in [1.54, 1.807) is 26.2 Å². The van der Waals surface area contributed by atoms with E-state index in [1.165, 1.54) is 14.2 Å². The predicted molar refractivity (Wildman–Crippen MR) is 58.8 cm³/mol. The summed E-state index contributed by atoms with van der Waals surface area (Å²) in [6.45, 7) is 1.79. The lowest BCUT2D eigenvalue weighted by Gasteiger charge is -2.12. The summed E-state index contributed by atoms with van der Waals surface area (Å²) < 4.78 is 10.2. The van der Waals surface area contributed by atoms with Gasteiger partial charge in [0.15, 0.2) is 0 Å². The Bertz CT molecular complexity index is 390. The molecule has 0 saturated heterocycles. The number of hydrogen-bond donors (Lipinski definition) is 1. The molecule has 5 nitrogen and oxygen atoms in total. The molecule has 0 spiro atoms. The summed E-state index contributed by atoms with van der Waals surface area (Å²) in [6, 6.07) is 3.35. The Morgan fingerprint density at radius 3 is 2.38 bits per heavy atom. The number of hydrogen-bond acceptors (Lipinski definition) is 4. The van der Waals surface area contributed by atoms with E-state index in [2.05, 4.69) is 10.3 Å². The van der Waals surface area contributed by atoms with Crippen molar-refractivity contribution >= 4 is 5.91 Å². The third kappa shape index (κ3) is 2.43. The Morgan fingerprint density at radius 1 is 1.19 bits per heavy atom. The van der Waals surface area contributed by atoms with Crippen LogP contribution in [0.5, 0.6) is 11.5 Å². The molecule has 0 aromatic heterocycles. The van der Waals surface area contributed by atoms with Gasteiger partial charge >= 0.3 is 0 Å². The zero-order valence-electron chi connectivity index (χ0n) is 9.79. The van der Waals surface area contributed by atoms with E-state index in [4.69, 9.17) is 9.47 Å². The monoisotopic (exact) mass is 225 g/mol. The van der Waals surface area contributed by atoms with E-state index in [0.717, 1.165) is 5.56 Å².